The Labute approximate surface area is 97.9 Å². The first-order valence-electron chi connectivity index (χ1n) is 6.05. The molecule has 1 aliphatic carbocycles. The van der Waals surface area contributed by atoms with Gasteiger partial charge in [0, 0.05) is 0 Å². The van der Waals surface area contributed by atoms with Gasteiger partial charge in [-0.05, 0) is 53.4 Å². The molecule has 2 rings (SSSR count). The topological polar surface area (TPSA) is 0 Å². The van der Waals surface area contributed by atoms with Crippen molar-refractivity contribution < 1.29 is 4.39 Å². The lowest BCUT2D eigenvalue weighted by atomic mass is 9.63. The second kappa shape index (κ2) is 3.32. The Kier molecular flexibility index (Phi) is 2.41. The maximum absolute atomic E-state index is 14.2. The molecule has 0 bridgehead atoms. The van der Waals surface area contributed by atoms with E-state index >= 15 is 0 Å². The summed E-state index contributed by atoms with van der Waals surface area (Å²) in [5.74, 6) is -0.0206. The Bertz CT molecular complexity index is 427. The van der Waals surface area contributed by atoms with E-state index in [9.17, 15) is 4.39 Å². The van der Waals surface area contributed by atoms with Crippen LogP contribution in [0.3, 0.4) is 0 Å². The highest BCUT2D eigenvalue weighted by Crippen LogP contribution is 2.46. The number of halogens is 1. The third-order valence-electron chi connectivity index (χ3n) is 4.02. The number of benzene rings is 1. The summed E-state index contributed by atoms with van der Waals surface area (Å²) in [6.07, 6.45) is 2.20. The summed E-state index contributed by atoms with van der Waals surface area (Å²) in [5.41, 5.74) is 3.26. The van der Waals surface area contributed by atoms with E-state index in [1.54, 1.807) is 6.07 Å². The highest BCUT2D eigenvalue weighted by Gasteiger charge is 2.38. The second-order valence-corrected chi connectivity index (χ2v) is 6.44. The van der Waals surface area contributed by atoms with Gasteiger partial charge in [0.15, 0.2) is 0 Å². The molecule has 0 nitrogen and oxygen atoms in total. The lowest BCUT2D eigenvalue weighted by molar-refractivity contribution is 0.319. The molecular formula is C15H21F. The van der Waals surface area contributed by atoms with Gasteiger partial charge in [-0.1, -0.05) is 33.8 Å². The van der Waals surface area contributed by atoms with Gasteiger partial charge in [0.25, 0.3) is 0 Å². The van der Waals surface area contributed by atoms with E-state index in [2.05, 4.69) is 33.8 Å². The minimum atomic E-state index is -0.0252. The average molecular weight is 220 g/mol. The van der Waals surface area contributed by atoms with Crippen molar-refractivity contribution in [1.29, 1.82) is 0 Å². The summed E-state index contributed by atoms with van der Waals surface area (Å²) in [5, 5.41) is 0. The molecule has 1 aromatic rings. The van der Waals surface area contributed by atoms with Gasteiger partial charge in [0.1, 0.15) is 5.82 Å². The van der Waals surface area contributed by atoms with Gasteiger partial charge in [0.2, 0.25) is 0 Å². The Morgan fingerprint density at radius 1 is 1.00 bits per heavy atom. The van der Waals surface area contributed by atoms with Crippen molar-refractivity contribution in [2.75, 3.05) is 0 Å². The van der Waals surface area contributed by atoms with E-state index in [1.807, 2.05) is 6.92 Å². The van der Waals surface area contributed by atoms with Crippen molar-refractivity contribution in [3.05, 3.63) is 34.6 Å². The summed E-state index contributed by atoms with van der Waals surface area (Å²) in [6, 6.07) is 3.83. The highest BCUT2D eigenvalue weighted by atomic mass is 19.1. The van der Waals surface area contributed by atoms with Crippen LogP contribution in [-0.4, -0.2) is 0 Å². The van der Waals surface area contributed by atoms with Crippen LogP contribution in [0.1, 0.15) is 57.2 Å². The fraction of sp³-hybridized carbons (Fsp3) is 0.600. The Morgan fingerprint density at radius 3 is 2.19 bits per heavy atom. The van der Waals surface area contributed by atoms with Gasteiger partial charge in [0.05, 0.1) is 0 Å². The van der Waals surface area contributed by atoms with Gasteiger partial charge in [-0.15, -0.1) is 0 Å². The van der Waals surface area contributed by atoms with E-state index in [4.69, 9.17) is 0 Å². The number of rotatable bonds is 0. The van der Waals surface area contributed by atoms with Crippen LogP contribution in [0.2, 0.25) is 0 Å². The zero-order chi connectivity index (χ0) is 12.1. The lowest BCUT2D eigenvalue weighted by Gasteiger charge is -2.42. The van der Waals surface area contributed by atoms with Crippen LogP contribution in [-0.2, 0) is 10.8 Å². The Hall–Kier alpha value is -0.850. The standard InChI is InChI=1S/C15H21F/c1-10-8-11-13(12(16)9-10)15(4,5)7-6-14(11,2)3/h8-9H,6-7H2,1-5H3. The molecule has 16 heavy (non-hydrogen) atoms. The first kappa shape index (κ1) is 11.6. The fourth-order valence-corrected chi connectivity index (χ4v) is 2.85. The van der Waals surface area contributed by atoms with Gasteiger partial charge >= 0.3 is 0 Å². The number of hydrogen-bond acceptors (Lipinski definition) is 0. The number of fused-ring (bicyclic) bond motifs is 1. The molecule has 1 heteroatoms. The van der Waals surface area contributed by atoms with Crippen LogP contribution < -0.4 is 0 Å². The van der Waals surface area contributed by atoms with Gasteiger partial charge < -0.3 is 0 Å². The quantitative estimate of drug-likeness (QED) is 0.604. The van der Waals surface area contributed by atoms with Crippen LogP contribution in [0.5, 0.6) is 0 Å². The molecule has 0 heterocycles. The van der Waals surface area contributed by atoms with Crippen molar-refractivity contribution in [2.45, 2.75) is 58.3 Å². The summed E-state index contributed by atoms with van der Waals surface area (Å²) >= 11 is 0. The SMILES string of the molecule is Cc1cc(F)c2c(c1)C(C)(C)CCC2(C)C. The summed E-state index contributed by atoms with van der Waals surface area (Å²) in [6.45, 7) is 10.7. The van der Waals surface area contributed by atoms with Crippen molar-refractivity contribution in [2.24, 2.45) is 0 Å². The molecule has 0 radical (unpaired) electrons. The summed E-state index contributed by atoms with van der Waals surface area (Å²) in [7, 11) is 0. The number of aryl methyl sites for hydroxylation is 1. The fourth-order valence-electron chi connectivity index (χ4n) is 2.85. The minimum Gasteiger partial charge on any atom is -0.207 e. The van der Waals surface area contributed by atoms with Crippen molar-refractivity contribution in [1.82, 2.24) is 0 Å². The molecule has 0 N–H and O–H groups in total. The molecule has 88 valence electrons. The molecule has 0 saturated carbocycles. The van der Waals surface area contributed by atoms with Gasteiger partial charge in [-0.3, -0.25) is 0 Å². The molecule has 0 atom stereocenters. The molecule has 0 aliphatic heterocycles. The normalized spacial score (nSPS) is 21.6. The minimum absolute atomic E-state index is 0.0206. The molecule has 0 unspecified atom stereocenters. The predicted molar refractivity (Wildman–Crippen MR) is 66.4 cm³/mol. The average Bonchev–Trinajstić information content (AvgIpc) is 2.11. The van der Waals surface area contributed by atoms with Crippen LogP contribution in [0, 0.1) is 12.7 Å². The zero-order valence-corrected chi connectivity index (χ0v) is 10.9. The maximum atomic E-state index is 14.2. The molecule has 1 aromatic carbocycles. The van der Waals surface area contributed by atoms with Crippen LogP contribution in [0.4, 0.5) is 4.39 Å². The number of hydrogen-bond donors (Lipinski definition) is 0. The zero-order valence-electron chi connectivity index (χ0n) is 10.9. The first-order chi connectivity index (χ1) is 7.24. The van der Waals surface area contributed by atoms with E-state index < -0.39 is 0 Å². The molecule has 0 amide bonds. The lowest BCUT2D eigenvalue weighted by Crippen LogP contribution is -2.35. The molecule has 0 aromatic heterocycles. The smallest absolute Gasteiger partial charge is 0.127 e. The van der Waals surface area contributed by atoms with E-state index in [0.29, 0.717) is 0 Å². The van der Waals surface area contributed by atoms with Crippen molar-refractivity contribution >= 4 is 0 Å². The second-order valence-electron chi connectivity index (χ2n) is 6.44. The third kappa shape index (κ3) is 1.66. The molecule has 0 spiro atoms. The Balaban J connectivity index is 2.74. The summed E-state index contributed by atoms with van der Waals surface area (Å²) < 4.78 is 14.2. The van der Waals surface area contributed by atoms with Gasteiger partial charge in [-0.25, -0.2) is 4.39 Å². The van der Waals surface area contributed by atoms with Crippen LogP contribution in [0.15, 0.2) is 12.1 Å². The highest BCUT2D eigenvalue weighted by molar-refractivity contribution is 5.44. The van der Waals surface area contributed by atoms with Gasteiger partial charge in [-0.2, -0.15) is 0 Å². The molecule has 0 saturated heterocycles. The molecular weight excluding hydrogens is 199 g/mol. The first-order valence-corrected chi connectivity index (χ1v) is 6.05. The van der Waals surface area contributed by atoms with Crippen LogP contribution >= 0.6 is 0 Å². The van der Waals surface area contributed by atoms with Crippen molar-refractivity contribution in [3.63, 3.8) is 0 Å². The monoisotopic (exact) mass is 220 g/mol. The van der Waals surface area contributed by atoms with Crippen molar-refractivity contribution in [3.8, 4) is 0 Å². The van der Waals surface area contributed by atoms with E-state index in [1.165, 1.54) is 5.56 Å². The maximum Gasteiger partial charge on any atom is 0.127 e. The molecule has 0 fully saturated rings. The largest absolute Gasteiger partial charge is 0.207 e. The third-order valence-corrected chi connectivity index (χ3v) is 4.02. The van der Waals surface area contributed by atoms with E-state index in [-0.39, 0.29) is 16.6 Å². The molecule has 1 aliphatic rings. The Morgan fingerprint density at radius 2 is 1.56 bits per heavy atom. The predicted octanol–water partition coefficient (Wildman–Crippen LogP) is 4.48. The summed E-state index contributed by atoms with van der Waals surface area (Å²) in [4.78, 5) is 0. The van der Waals surface area contributed by atoms with E-state index in [0.717, 1.165) is 24.0 Å². The van der Waals surface area contributed by atoms with Crippen LogP contribution in [0.25, 0.3) is 0 Å².